The first kappa shape index (κ1) is 13.0. The van der Waals surface area contributed by atoms with Crippen molar-refractivity contribution in [3.05, 3.63) is 39.9 Å². The van der Waals surface area contributed by atoms with Crippen molar-refractivity contribution in [1.82, 2.24) is 5.32 Å². The van der Waals surface area contributed by atoms with Gasteiger partial charge in [-0.3, -0.25) is 10.1 Å². The number of hydrogen-bond acceptors (Lipinski definition) is 4. The molecule has 1 aliphatic rings. The maximum Gasteiger partial charge on any atom is 0.274 e. The molecule has 1 saturated heterocycles. The van der Waals surface area contributed by atoms with Gasteiger partial charge in [-0.2, -0.15) is 0 Å². The van der Waals surface area contributed by atoms with E-state index in [1.54, 1.807) is 18.2 Å². The third-order valence-corrected chi connectivity index (χ3v) is 3.34. The van der Waals surface area contributed by atoms with Gasteiger partial charge >= 0.3 is 0 Å². The Hall–Kier alpha value is -1.46. The third-order valence-electron chi connectivity index (χ3n) is 3.34. The fraction of sp³-hybridized carbons (Fsp3) is 0.538. The van der Waals surface area contributed by atoms with E-state index in [-0.39, 0.29) is 22.1 Å². The molecule has 0 radical (unpaired) electrons. The second-order valence-electron chi connectivity index (χ2n) is 5.22. The normalized spacial score (nSPS) is 19.0. The summed E-state index contributed by atoms with van der Waals surface area (Å²) in [6.07, 6.45) is 0. The summed E-state index contributed by atoms with van der Waals surface area (Å²) in [5.41, 5.74) is 1.07. The van der Waals surface area contributed by atoms with Crippen LogP contribution in [0, 0.1) is 15.5 Å². The summed E-state index contributed by atoms with van der Waals surface area (Å²) in [4.78, 5) is 10.6. The van der Waals surface area contributed by atoms with Crippen LogP contribution in [-0.2, 0) is 4.74 Å². The first-order valence-electron chi connectivity index (χ1n) is 6.06. The molecule has 1 aromatic carbocycles. The Morgan fingerprint density at radius 1 is 1.50 bits per heavy atom. The van der Waals surface area contributed by atoms with Gasteiger partial charge in [-0.15, -0.1) is 0 Å². The van der Waals surface area contributed by atoms with Crippen molar-refractivity contribution in [3.63, 3.8) is 0 Å². The van der Waals surface area contributed by atoms with Crippen LogP contribution in [0.2, 0.25) is 0 Å². The first-order valence-corrected chi connectivity index (χ1v) is 6.06. The van der Waals surface area contributed by atoms with Crippen LogP contribution in [-0.4, -0.2) is 24.7 Å². The molecule has 0 saturated carbocycles. The lowest BCUT2D eigenvalue weighted by Crippen LogP contribution is -2.47. The van der Waals surface area contributed by atoms with Crippen molar-refractivity contribution >= 4 is 5.69 Å². The molecule has 0 aliphatic carbocycles. The van der Waals surface area contributed by atoms with E-state index in [0.717, 1.165) is 25.3 Å². The second-order valence-corrected chi connectivity index (χ2v) is 5.22. The highest BCUT2D eigenvalue weighted by Gasteiger charge is 2.33. The molecule has 0 spiro atoms. The molecular formula is C13H18N2O3. The number of para-hydroxylation sites is 1. The molecule has 2 rings (SSSR count). The topological polar surface area (TPSA) is 64.4 Å². The second kappa shape index (κ2) is 5.04. The van der Waals surface area contributed by atoms with Crippen LogP contribution in [0.4, 0.5) is 5.69 Å². The molecule has 1 atom stereocenters. The zero-order valence-corrected chi connectivity index (χ0v) is 10.7. The standard InChI is InChI=1S/C13H18N2O3/c1-10(14-7-13(2)8-18-9-13)11-5-3-4-6-12(11)15(16)17/h3-6,10,14H,7-9H2,1-2H3. The quantitative estimate of drug-likeness (QED) is 0.643. The van der Waals surface area contributed by atoms with Crippen LogP contribution >= 0.6 is 0 Å². The number of hydrogen-bond donors (Lipinski definition) is 1. The molecule has 1 aromatic rings. The molecule has 1 N–H and O–H groups in total. The van der Waals surface area contributed by atoms with Crippen LogP contribution in [0.3, 0.4) is 0 Å². The van der Waals surface area contributed by atoms with Gasteiger partial charge in [-0.25, -0.2) is 0 Å². The largest absolute Gasteiger partial charge is 0.380 e. The van der Waals surface area contributed by atoms with Gasteiger partial charge in [-0.05, 0) is 6.92 Å². The number of nitro benzene ring substituents is 1. The lowest BCUT2D eigenvalue weighted by Gasteiger charge is -2.39. The Morgan fingerprint density at radius 3 is 2.72 bits per heavy atom. The molecule has 0 aromatic heterocycles. The van der Waals surface area contributed by atoms with Crippen molar-refractivity contribution in [2.45, 2.75) is 19.9 Å². The van der Waals surface area contributed by atoms with Crippen molar-refractivity contribution in [3.8, 4) is 0 Å². The number of nitro groups is 1. The van der Waals surface area contributed by atoms with E-state index in [1.807, 2.05) is 13.0 Å². The number of nitrogens with one attached hydrogen (secondary N) is 1. The van der Waals surface area contributed by atoms with Gasteiger partial charge in [0.25, 0.3) is 5.69 Å². The summed E-state index contributed by atoms with van der Waals surface area (Å²) in [6.45, 7) is 6.41. The highest BCUT2D eigenvalue weighted by molar-refractivity contribution is 5.41. The minimum absolute atomic E-state index is 0.0379. The van der Waals surface area contributed by atoms with Gasteiger partial charge in [0, 0.05) is 29.6 Å². The fourth-order valence-electron chi connectivity index (χ4n) is 2.08. The molecule has 5 heteroatoms. The molecule has 1 fully saturated rings. The fourth-order valence-corrected chi connectivity index (χ4v) is 2.08. The van der Waals surface area contributed by atoms with Gasteiger partial charge in [0.15, 0.2) is 0 Å². The summed E-state index contributed by atoms with van der Waals surface area (Å²) in [7, 11) is 0. The van der Waals surface area contributed by atoms with Crippen molar-refractivity contribution in [2.24, 2.45) is 5.41 Å². The summed E-state index contributed by atoms with van der Waals surface area (Å²) >= 11 is 0. The predicted octanol–water partition coefficient (Wildman–Crippen LogP) is 2.28. The van der Waals surface area contributed by atoms with Crippen LogP contribution in [0.25, 0.3) is 0 Å². The Kier molecular flexibility index (Phi) is 3.63. The molecule has 5 nitrogen and oxygen atoms in total. The Morgan fingerprint density at radius 2 is 2.17 bits per heavy atom. The van der Waals surface area contributed by atoms with Gasteiger partial charge in [0.05, 0.1) is 18.1 Å². The van der Waals surface area contributed by atoms with E-state index in [9.17, 15) is 10.1 Å². The highest BCUT2D eigenvalue weighted by Crippen LogP contribution is 2.28. The highest BCUT2D eigenvalue weighted by atomic mass is 16.6. The van der Waals surface area contributed by atoms with Crippen LogP contribution in [0.1, 0.15) is 25.5 Å². The minimum Gasteiger partial charge on any atom is -0.380 e. The van der Waals surface area contributed by atoms with Gasteiger partial charge < -0.3 is 10.1 Å². The average molecular weight is 250 g/mol. The Bertz CT molecular complexity index is 444. The molecule has 98 valence electrons. The van der Waals surface area contributed by atoms with Gasteiger partial charge in [0.1, 0.15) is 0 Å². The molecular weight excluding hydrogens is 232 g/mol. The maximum absolute atomic E-state index is 11.0. The van der Waals surface area contributed by atoms with Gasteiger partial charge in [-0.1, -0.05) is 25.1 Å². The smallest absolute Gasteiger partial charge is 0.274 e. The van der Waals surface area contributed by atoms with E-state index >= 15 is 0 Å². The van der Waals surface area contributed by atoms with E-state index < -0.39 is 0 Å². The number of benzene rings is 1. The molecule has 1 aliphatic heterocycles. The van der Waals surface area contributed by atoms with Crippen LogP contribution < -0.4 is 5.32 Å². The number of ether oxygens (including phenoxy) is 1. The van der Waals surface area contributed by atoms with E-state index in [0.29, 0.717) is 0 Å². The molecule has 0 amide bonds. The molecule has 1 heterocycles. The monoisotopic (exact) mass is 250 g/mol. The Balaban J connectivity index is 2.04. The van der Waals surface area contributed by atoms with E-state index in [4.69, 9.17) is 4.74 Å². The maximum atomic E-state index is 11.0. The number of nitrogens with zero attached hydrogens (tertiary/aromatic N) is 1. The summed E-state index contributed by atoms with van der Waals surface area (Å²) in [5, 5.41) is 14.3. The van der Waals surface area contributed by atoms with E-state index in [2.05, 4.69) is 12.2 Å². The summed E-state index contributed by atoms with van der Waals surface area (Å²) < 4.78 is 5.19. The van der Waals surface area contributed by atoms with Crippen molar-refractivity contribution in [1.29, 1.82) is 0 Å². The Labute approximate surface area is 106 Å². The van der Waals surface area contributed by atoms with Gasteiger partial charge in [0.2, 0.25) is 0 Å². The zero-order valence-electron chi connectivity index (χ0n) is 10.7. The predicted molar refractivity (Wildman–Crippen MR) is 68.4 cm³/mol. The van der Waals surface area contributed by atoms with Crippen LogP contribution in [0.15, 0.2) is 24.3 Å². The van der Waals surface area contributed by atoms with E-state index in [1.165, 1.54) is 0 Å². The lowest BCUT2D eigenvalue weighted by molar-refractivity contribution is -0.385. The zero-order chi connectivity index (χ0) is 13.2. The first-order chi connectivity index (χ1) is 8.52. The summed E-state index contributed by atoms with van der Waals surface area (Å²) in [5.74, 6) is 0. The molecule has 0 bridgehead atoms. The van der Waals surface area contributed by atoms with Crippen LogP contribution in [0.5, 0.6) is 0 Å². The van der Waals surface area contributed by atoms with Crippen molar-refractivity contribution in [2.75, 3.05) is 19.8 Å². The average Bonchev–Trinajstić information content (AvgIpc) is 2.33. The minimum atomic E-state index is -0.332. The molecule has 1 unspecified atom stereocenters. The lowest BCUT2D eigenvalue weighted by atomic mass is 9.88. The van der Waals surface area contributed by atoms with Crippen molar-refractivity contribution < 1.29 is 9.66 Å². The third kappa shape index (κ3) is 2.68. The summed E-state index contributed by atoms with van der Waals surface area (Å²) in [6, 6.07) is 6.82. The molecule has 18 heavy (non-hydrogen) atoms. The number of rotatable bonds is 5. The SMILES string of the molecule is CC(NCC1(C)COC1)c1ccccc1[N+](=O)[O-].